The molecule has 2 atom stereocenters. The second-order valence-electron chi connectivity index (χ2n) is 10.5. The molecule has 1 rings (SSSR count). The van der Waals surface area contributed by atoms with Gasteiger partial charge in [-0.3, -0.25) is 9.05 Å². The number of phosphoric ester groups is 1. The smallest absolute Gasteiger partial charge is 0.379 e. The first kappa shape index (κ1) is 34.0. The summed E-state index contributed by atoms with van der Waals surface area (Å²) in [6, 6.07) is 8.82. The van der Waals surface area contributed by atoms with Gasteiger partial charge >= 0.3 is 7.82 Å². The lowest BCUT2D eigenvalue weighted by Gasteiger charge is -2.24. The van der Waals surface area contributed by atoms with Crippen molar-refractivity contribution in [2.75, 3.05) is 61.2 Å². The van der Waals surface area contributed by atoms with E-state index >= 15 is 0 Å². The first-order valence-electron chi connectivity index (χ1n) is 13.4. The molecule has 0 aliphatic carbocycles. The SMILES string of the molecule is CO[C@H](COCCCCCCCCCCCCc1cccc([125I])c1)COP(=O)(O)OCC[N+](C)(C)C. The fourth-order valence-corrected chi connectivity index (χ4v) is 5.03. The Bertz CT molecular complexity index is 730. The van der Waals surface area contributed by atoms with Crippen molar-refractivity contribution >= 4 is 30.4 Å². The molecule has 0 spiro atoms. The summed E-state index contributed by atoms with van der Waals surface area (Å²) in [6.45, 7) is 1.72. The van der Waals surface area contributed by atoms with Gasteiger partial charge in [-0.1, -0.05) is 63.5 Å². The Labute approximate surface area is 233 Å². The first-order valence-corrected chi connectivity index (χ1v) is 16.0. The number of benzene rings is 1. The molecule has 0 aliphatic heterocycles. The third kappa shape index (κ3) is 20.0. The second-order valence-corrected chi connectivity index (χ2v) is 13.2. The molecule has 0 bridgehead atoms. The summed E-state index contributed by atoms with van der Waals surface area (Å²) in [6.07, 6.45) is 13.5. The van der Waals surface area contributed by atoms with Crippen LogP contribution in [0, 0.1) is 3.57 Å². The van der Waals surface area contributed by atoms with Crippen molar-refractivity contribution < 1.29 is 32.5 Å². The van der Waals surface area contributed by atoms with Crippen molar-refractivity contribution in [2.45, 2.75) is 76.7 Å². The van der Waals surface area contributed by atoms with Crippen molar-refractivity contribution in [1.29, 1.82) is 0 Å². The molecule has 1 aromatic carbocycles. The quantitative estimate of drug-likeness (QED) is 0.0629. The minimum atomic E-state index is -4.08. The molecule has 0 saturated carbocycles. The van der Waals surface area contributed by atoms with Crippen LogP contribution in [0.2, 0.25) is 0 Å². The second kappa shape index (κ2) is 19.9. The van der Waals surface area contributed by atoms with Gasteiger partial charge in [0.05, 0.1) is 34.4 Å². The van der Waals surface area contributed by atoms with Crippen LogP contribution in [-0.4, -0.2) is 76.7 Å². The number of nitrogens with zero attached hydrogens (tertiary/aromatic N) is 1. The molecule has 0 radical (unpaired) electrons. The monoisotopic (exact) mass is 640 g/mol. The molecule has 0 aliphatic rings. The molecule has 0 saturated heterocycles. The van der Waals surface area contributed by atoms with Crippen LogP contribution in [0.5, 0.6) is 0 Å². The van der Waals surface area contributed by atoms with Crippen LogP contribution in [0.25, 0.3) is 0 Å². The van der Waals surface area contributed by atoms with Gasteiger partial charge in [0.15, 0.2) is 0 Å². The largest absolute Gasteiger partial charge is 0.472 e. The molecule has 0 heterocycles. The summed E-state index contributed by atoms with van der Waals surface area (Å²) in [7, 11) is 3.43. The Hall–Kier alpha value is -0.0600. The molecule has 7 nitrogen and oxygen atoms in total. The van der Waals surface area contributed by atoms with Gasteiger partial charge in [0.2, 0.25) is 0 Å². The van der Waals surface area contributed by atoms with Crippen molar-refractivity contribution in [1.82, 2.24) is 0 Å². The average Bonchev–Trinajstić information content (AvgIpc) is 2.80. The van der Waals surface area contributed by atoms with Crippen LogP contribution in [0.1, 0.15) is 69.8 Å². The molecule has 0 fully saturated rings. The average molecular weight is 641 g/mol. The molecule has 9 heteroatoms. The lowest BCUT2D eigenvalue weighted by Crippen LogP contribution is -2.37. The molecule has 210 valence electrons. The number of likely N-dealkylation sites (N-methyl/N-ethyl adjacent to an activating group) is 1. The summed E-state index contributed by atoms with van der Waals surface area (Å²) in [5.74, 6) is 0. The van der Waals surface area contributed by atoms with Crippen LogP contribution in [-0.2, 0) is 29.5 Å². The Morgan fingerprint density at radius 1 is 0.889 bits per heavy atom. The molecular weight excluding hydrogens is 590 g/mol. The fraction of sp³-hybridized carbons (Fsp3) is 0.778. The molecule has 1 aromatic rings. The number of halogens is 1. The highest BCUT2D eigenvalue weighted by atomic mass is 125. The van der Waals surface area contributed by atoms with Gasteiger partial charge in [-0.05, 0) is 59.5 Å². The zero-order valence-corrected chi connectivity index (χ0v) is 26.0. The van der Waals surface area contributed by atoms with Gasteiger partial charge in [0.25, 0.3) is 0 Å². The van der Waals surface area contributed by atoms with Crippen molar-refractivity contribution in [3.05, 3.63) is 33.4 Å². The van der Waals surface area contributed by atoms with E-state index in [1.807, 2.05) is 21.1 Å². The van der Waals surface area contributed by atoms with Crippen molar-refractivity contribution in [3.8, 4) is 0 Å². The number of hydrogen-bond donors (Lipinski definition) is 1. The maximum Gasteiger partial charge on any atom is 0.472 e. The number of phosphoric acid groups is 1. The van der Waals surface area contributed by atoms with E-state index in [-0.39, 0.29) is 13.2 Å². The van der Waals surface area contributed by atoms with E-state index in [1.165, 1.54) is 66.9 Å². The third-order valence-corrected chi connectivity index (χ3v) is 7.63. The Morgan fingerprint density at radius 3 is 2.08 bits per heavy atom. The molecular formula is C27H50INO6P+. The number of aryl methyl sites for hydroxylation is 1. The fourth-order valence-electron chi connectivity index (χ4n) is 3.68. The summed E-state index contributed by atoms with van der Waals surface area (Å²) in [4.78, 5) is 9.80. The highest BCUT2D eigenvalue weighted by molar-refractivity contribution is 14.1. The number of rotatable bonds is 23. The molecule has 0 aromatic heterocycles. The van der Waals surface area contributed by atoms with E-state index < -0.39 is 13.9 Å². The Kier molecular flexibility index (Phi) is 18.8. The lowest BCUT2D eigenvalue weighted by molar-refractivity contribution is -0.870. The zero-order chi connectivity index (χ0) is 26.7. The highest BCUT2D eigenvalue weighted by Gasteiger charge is 2.24. The van der Waals surface area contributed by atoms with E-state index in [0.717, 1.165) is 12.8 Å². The van der Waals surface area contributed by atoms with E-state index in [9.17, 15) is 9.46 Å². The first-order chi connectivity index (χ1) is 17.1. The minimum Gasteiger partial charge on any atom is -0.379 e. The minimum absolute atomic E-state index is 0.0414. The summed E-state index contributed by atoms with van der Waals surface area (Å²) in [5.41, 5.74) is 1.46. The van der Waals surface area contributed by atoms with Gasteiger partial charge in [0, 0.05) is 17.3 Å². The van der Waals surface area contributed by atoms with Crippen molar-refractivity contribution in [2.24, 2.45) is 0 Å². The van der Waals surface area contributed by atoms with Crippen LogP contribution in [0.4, 0.5) is 0 Å². The predicted octanol–water partition coefficient (Wildman–Crippen LogP) is 6.61. The molecule has 1 N–H and O–H groups in total. The number of hydrogen-bond acceptors (Lipinski definition) is 5. The maximum absolute atomic E-state index is 12.0. The van der Waals surface area contributed by atoms with Gasteiger partial charge in [-0.2, -0.15) is 0 Å². The normalized spacial score (nSPS) is 14.6. The molecule has 36 heavy (non-hydrogen) atoms. The highest BCUT2D eigenvalue weighted by Crippen LogP contribution is 2.43. The number of unbranched alkanes of at least 4 members (excludes halogenated alkanes) is 9. The van der Waals surface area contributed by atoms with Crippen LogP contribution in [0.3, 0.4) is 0 Å². The third-order valence-electron chi connectivity index (χ3n) is 5.97. The van der Waals surface area contributed by atoms with E-state index in [1.54, 1.807) is 7.11 Å². The summed E-state index contributed by atoms with van der Waals surface area (Å²) >= 11 is 2.38. The van der Waals surface area contributed by atoms with Crippen molar-refractivity contribution in [3.63, 3.8) is 0 Å². The van der Waals surface area contributed by atoms with Gasteiger partial charge < -0.3 is 18.9 Å². The molecule has 0 amide bonds. The standard InChI is InChI=1S/C27H49INO6P/c1-29(2,3)19-21-34-36(30,31)35-24-27(32-4)23-33-20-14-12-10-8-6-5-7-9-11-13-16-25-17-15-18-26(28)22-25/h15,17-18,22,27H,5-14,16,19-21,23-24H2,1-4H3/p+1/t27-/m1/s1/i28-2. The van der Waals surface area contributed by atoms with Crippen LogP contribution >= 0.6 is 30.4 Å². The van der Waals surface area contributed by atoms with Crippen LogP contribution < -0.4 is 0 Å². The van der Waals surface area contributed by atoms with E-state index in [0.29, 0.717) is 24.2 Å². The zero-order valence-electron chi connectivity index (χ0n) is 23.0. The number of methoxy groups -OCH3 is 1. The Balaban J connectivity index is 1.92. The van der Waals surface area contributed by atoms with E-state index in [4.69, 9.17) is 18.5 Å². The molecule has 1 unspecified atom stereocenters. The Morgan fingerprint density at radius 2 is 1.50 bits per heavy atom. The number of quaternary nitrogens is 1. The topological polar surface area (TPSA) is 74.2 Å². The summed E-state index contributed by atoms with van der Waals surface area (Å²) in [5, 5.41) is 0. The van der Waals surface area contributed by atoms with Crippen LogP contribution in [0.15, 0.2) is 24.3 Å². The summed E-state index contributed by atoms with van der Waals surface area (Å²) < 4.78 is 35.0. The predicted molar refractivity (Wildman–Crippen MR) is 155 cm³/mol. The van der Waals surface area contributed by atoms with E-state index in [2.05, 4.69) is 46.9 Å². The number of ether oxygens (including phenoxy) is 2. The van der Waals surface area contributed by atoms with Gasteiger partial charge in [-0.25, -0.2) is 4.57 Å². The van der Waals surface area contributed by atoms with Gasteiger partial charge in [0.1, 0.15) is 19.3 Å². The lowest BCUT2D eigenvalue weighted by atomic mass is 10.0. The van der Waals surface area contributed by atoms with Gasteiger partial charge in [-0.15, -0.1) is 0 Å². The maximum atomic E-state index is 12.0.